The Morgan fingerprint density at radius 3 is 2.57 bits per heavy atom. The number of hydrogen-bond acceptors (Lipinski definition) is 5. The van der Waals surface area contributed by atoms with E-state index < -0.39 is 23.6 Å². The number of nitrogens with zero attached hydrogens (tertiary/aromatic N) is 2. The third-order valence-corrected chi connectivity index (χ3v) is 3.41. The minimum atomic E-state index is -4.47. The van der Waals surface area contributed by atoms with Crippen LogP contribution in [0.2, 0.25) is 0 Å². The maximum Gasteiger partial charge on any atom is 0.416 e. The van der Waals surface area contributed by atoms with Crippen LogP contribution in [-0.2, 0) is 22.3 Å². The number of carbonyl (C=O) groups excluding carboxylic acids is 2. The summed E-state index contributed by atoms with van der Waals surface area (Å²) in [6, 6.07) is 4.48. The van der Waals surface area contributed by atoms with E-state index in [1.54, 1.807) is 6.92 Å². The number of alkyl halides is 3. The molecular formula is C13H11F3N4O2S. The molecule has 2 amide bonds. The molecule has 2 N–H and O–H groups in total. The molecule has 2 rings (SSSR count). The fraction of sp³-hybridized carbons (Fsp3) is 0.231. The summed E-state index contributed by atoms with van der Waals surface area (Å²) in [5.41, 5.74) is -0.592. The zero-order chi connectivity index (χ0) is 17.0. The Morgan fingerprint density at radius 2 is 1.96 bits per heavy atom. The maximum absolute atomic E-state index is 12.6. The summed E-state index contributed by atoms with van der Waals surface area (Å²) in [4.78, 5) is 23.2. The van der Waals surface area contributed by atoms with Crippen molar-refractivity contribution < 1.29 is 22.8 Å². The Bertz CT molecular complexity index is 730. The van der Waals surface area contributed by atoms with E-state index in [1.807, 2.05) is 0 Å². The normalized spacial score (nSPS) is 11.1. The molecule has 0 fully saturated rings. The van der Waals surface area contributed by atoms with Crippen molar-refractivity contribution in [3.8, 4) is 0 Å². The van der Waals surface area contributed by atoms with Gasteiger partial charge in [-0.2, -0.15) is 13.2 Å². The number of anilines is 1. The van der Waals surface area contributed by atoms with Gasteiger partial charge >= 0.3 is 18.0 Å². The second-order valence-electron chi connectivity index (χ2n) is 4.46. The van der Waals surface area contributed by atoms with Crippen LogP contribution in [0.15, 0.2) is 24.3 Å². The number of halogens is 3. The molecule has 2 aromatic rings. The number of nitrogens with one attached hydrogen (secondary N) is 2. The summed E-state index contributed by atoms with van der Waals surface area (Å²) in [6.07, 6.45) is -4.47. The van der Waals surface area contributed by atoms with Crippen LogP contribution in [0.3, 0.4) is 0 Å². The Balaban J connectivity index is 1.92. The average molecular weight is 344 g/mol. The second-order valence-corrected chi connectivity index (χ2v) is 5.64. The lowest BCUT2D eigenvalue weighted by atomic mass is 10.1. The number of amides is 2. The summed E-state index contributed by atoms with van der Waals surface area (Å²) in [5, 5.41) is 12.6. The molecule has 0 aliphatic heterocycles. The zero-order valence-corrected chi connectivity index (χ0v) is 12.6. The summed E-state index contributed by atoms with van der Waals surface area (Å²) < 4.78 is 37.7. The van der Waals surface area contributed by atoms with Crippen molar-refractivity contribution in [1.29, 1.82) is 0 Å². The largest absolute Gasteiger partial charge is 0.416 e. The summed E-state index contributed by atoms with van der Waals surface area (Å²) in [7, 11) is 0. The highest BCUT2D eigenvalue weighted by atomic mass is 32.1. The van der Waals surface area contributed by atoms with Crippen molar-refractivity contribution in [3.05, 3.63) is 40.4 Å². The van der Waals surface area contributed by atoms with E-state index in [1.165, 1.54) is 12.1 Å². The number of aryl methyl sites for hydroxylation is 1. The van der Waals surface area contributed by atoms with Gasteiger partial charge in [0.1, 0.15) is 5.01 Å². The Kier molecular flexibility index (Phi) is 4.94. The Hall–Kier alpha value is -2.49. The van der Waals surface area contributed by atoms with Gasteiger partial charge in [-0.15, -0.1) is 10.2 Å². The van der Waals surface area contributed by atoms with Gasteiger partial charge in [-0.05, 0) is 24.6 Å². The van der Waals surface area contributed by atoms with Crippen molar-refractivity contribution >= 4 is 28.3 Å². The molecule has 23 heavy (non-hydrogen) atoms. The molecule has 122 valence electrons. The monoisotopic (exact) mass is 344 g/mol. The predicted molar refractivity (Wildman–Crippen MR) is 76.6 cm³/mol. The van der Waals surface area contributed by atoms with Crippen LogP contribution in [0.5, 0.6) is 0 Å². The SMILES string of the molecule is Cc1nnc(NC(=O)C(=O)NCc2cccc(C(F)(F)F)c2)s1. The molecule has 1 aromatic carbocycles. The van der Waals surface area contributed by atoms with Gasteiger partial charge in [0, 0.05) is 6.54 Å². The van der Waals surface area contributed by atoms with Gasteiger partial charge in [-0.1, -0.05) is 23.5 Å². The lowest BCUT2D eigenvalue weighted by Crippen LogP contribution is -2.35. The molecule has 0 saturated heterocycles. The van der Waals surface area contributed by atoms with Crippen molar-refractivity contribution in [2.45, 2.75) is 19.6 Å². The first kappa shape index (κ1) is 16.9. The lowest BCUT2D eigenvalue weighted by Gasteiger charge is -2.09. The highest BCUT2D eigenvalue weighted by Crippen LogP contribution is 2.29. The Morgan fingerprint density at radius 1 is 1.22 bits per heavy atom. The minimum absolute atomic E-state index is 0.168. The van der Waals surface area contributed by atoms with E-state index in [0.717, 1.165) is 23.5 Å². The zero-order valence-electron chi connectivity index (χ0n) is 11.8. The van der Waals surface area contributed by atoms with Crippen molar-refractivity contribution in [2.24, 2.45) is 0 Å². The lowest BCUT2D eigenvalue weighted by molar-refractivity contribution is -0.137. The van der Waals surface area contributed by atoms with Crippen LogP contribution in [0, 0.1) is 6.92 Å². The molecule has 6 nitrogen and oxygen atoms in total. The molecule has 0 radical (unpaired) electrons. The van der Waals surface area contributed by atoms with E-state index >= 15 is 0 Å². The van der Waals surface area contributed by atoms with Crippen LogP contribution in [0.4, 0.5) is 18.3 Å². The fourth-order valence-corrected chi connectivity index (χ4v) is 2.21. The number of rotatable bonds is 3. The van der Waals surface area contributed by atoms with Crippen molar-refractivity contribution in [3.63, 3.8) is 0 Å². The van der Waals surface area contributed by atoms with Crippen LogP contribution in [0.1, 0.15) is 16.1 Å². The van der Waals surface area contributed by atoms with Crippen molar-refractivity contribution in [2.75, 3.05) is 5.32 Å². The molecule has 1 aromatic heterocycles. The number of hydrogen-bond donors (Lipinski definition) is 2. The van der Waals surface area contributed by atoms with Gasteiger partial charge in [0.25, 0.3) is 0 Å². The quantitative estimate of drug-likeness (QED) is 0.836. The molecular weight excluding hydrogens is 333 g/mol. The van der Waals surface area contributed by atoms with Crippen LogP contribution in [-0.4, -0.2) is 22.0 Å². The van der Waals surface area contributed by atoms with Gasteiger partial charge in [-0.3, -0.25) is 14.9 Å². The standard InChI is InChI=1S/C13H11F3N4O2S/c1-7-19-20-12(23-7)18-11(22)10(21)17-6-8-3-2-4-9(5-8)13(14,15)16/h2-5H,6H2,1H3,(H,17,21)(H,18,20,22). The third-order valence-electron chi connectivity index (χ3n) is 2.66. The second kappa shape index (κ2) is 6.73. The minimum Gasteiger partial charge on any atom is -0.344 e. The van der Waals surface area contributed by atoms with E-state index in [0.29, 0.717) is 5.01 Å². The van der Waals surface area contributed by atoms with Gasteiger partial charge in [0.15, 0.2) is 0 Å². The predicted octanol–water partition coefficient (Wildman–Crippen LogP) is 2.12. The van der Waals surface area contributed by atoms with Gasteiger partial charge < -0.3 is 5.32 Å². The molecule has 0 aliphatic carbocycles. The number of carbonyl (C=O) groups is 2. The molecule has 0 unspecified atom stereocenters. The number of benzene rings is 1. The van der Waals surface area contributed by atoms with E-state index in [2.05, 4.69) is 20.8 Å². The van der Waals surface area contributed by atoms with E-state index in [9.17, 15) is 22.8 Å². The highest BCUT2D eigenvalue weighted by molar-refractivity contribution is 7.15. The Labute approximate surface area is 132 Å². The first-order chi connectivity index (χ1) is 10.8. The van der Waals surface area contributed by atoms with Crippen molar-refractivity contribution in [1.82, 2.24) is 15.5 Å². The number of aromatic nitrogens is 2. The van der Waals surface area contributed by atoms with E-state index in [-0.39, 0.29) is 17.2 Å². The van der Waals surface area contributed by atoms with E-state index in [4.69, 9.17) is 0 Å². The third kappa shape index (κ3) is 4.74. The molecule has 0 spiro atoms. The van der Waals surface area contributed by atoms with Crippen LogP contribution in [0.25, 0.3) is 0 Å². The molecule has 0 bridgehead atoms. The first-order valence-corrected chi connectivity index (χ1v) is 7.13. The highest BCUT2D eigenvalue weighted by Gasteiger charge is 2.30. The molecule has 10 heteroatoms. The molecule has 0 saturated carbocycles. The summed E-state index contributed by atoms with van der Waals surface area (Å²) in [6.45, 7) is 1.48. The first-order valence-electron chi connectivity index (χ1n) is 6.31. The van der Waals surface area contributed by atoms with Gasteiger partial charge in [0.05, 0.1) is 5.56 Å². The molecule has 0 atom stereocenters. The van der Waals surface area contributed by atoms with Crippen LogP contribution < -0.4 is 10.6 Å². The maximum atomic E-state index is 12.6. The average Bonchev–Trinajstić information content (AvgIpc) is 2.89. The summed E-state index contributed by atoms with van der Waals surface area (Å²) in [5.74, 6) is -1.94. The summed E-state index contributed by atoms with van der Waals surface area (Å²) >= 11 is 1.09. The van der Waals surface area contributed by atoms with Crippen LogP contribution >= 0.6 is 11.3 Å². The molecule has 0 aliphatic rings. The smallest absolute Gasteiger partial charge is 0.344 e. The topological polar surface area (TPSA) is 84.0 Å². The fourth-order valence-electron chi connectivity index (χ4n) is 1.62. The molecule has 1 heterocycles. The van der Waals surface area contributed by atoms with Gasteiger partial charge in [-0.25, -0.2) is 0 Å². The van der Waals surface area contributed by atoms with Gasteiger partial charge in [0.2, 0.25) is 5.13 Å².